The highest BCUT2D eigenvalue weighted by atomic mass is 16.5. The number of hydrogen-bond acceptors (Lipinski definition) is 6. The molecule has 0 radical (unpaired) electrons. The Bertz CT molecular complexity index is 1300. The summed E-state index contributed by atoms with van der Waals surface area (Å²) in [5, 5.41) is 2.75. The summed E-state index contributed by atoms with van der Waals surface area (Å²) in [6, 6.07) is 9.72. The summed E-state index contributed by atoms with van der Waals surface area (Å²) in [7, 11) is 3.06. The van der Waals surface area contributed by atoms with Gasteiger partial charge in [-0.15, -0.1) is 0 Å². The van der Waals surface area contributed by atoms with Crippen LogP contribution in [0.1, 0.15) is 53.8 Å². The van der Waals surface area contributed by atoms with Crippen molar-refractivity contribution in [2.24, 2.45) is 5.73 Å². The number of rotatable bonds is 10. The number of nitrogens with two attached hydrogens (primary N) is 1. The molecule has 0 saturated carbocycles. The van der Waals surface area contributed by atoms with E-state index >= 15 is 0 Å². The summed E-state index contributed by atoms with van der Waals surface area (Å²) < 4.78 is 12.2. The van der Waals surface area contributed by atoms with Crippen LogP contribution in [0.5, 0.6) is 5.75 Å². The molecule has 9 heteroatoms. The molecule has 1 atom stereocenters. The Hall–Kier alpha value is -3.98. The molecule has 0 spiro atoms. The lowest BCUT2D eigenvalue weighted by Crippen LogP contribution is -2.34. The molecule has 3 rings (SSSR count). The first-order valence-corrected chi connectivity index (χ1v) is 11.6. The van der Waals surface area contributed by atoms with E-state index in [1.165, 1.54) is 43.2 Å². The maximum atomic E-state index is 13.4. The highest BCUT2D eigenvalue weighted by Gasteiger charge is 2.24. The number of primary amides is 1. The number of nitrogens with one attached hydrogen (secondary N) is 1. The van der Waals surface area contributed by atoms with Crippen molar-refractivity contribution in [2.45, 2.75) is 39.2 Å². The fraction of sp³-hybridized carbons (Fsp3) is 0.333. The summed E-state index contributed by atoms with van der Waals surface area (Å²) in [4.78, 5) is 41.8. The van der Waals surface area contributed by atoms with Gasteiger partial charge in [0.2, 0.25) is 5.91 Å². The minimum atomic E-state index is -0.877. The molecule has 0 aliphatic carbocycles. The van der Waals surface area contributed by atoms with Gasteiger partial charge in [-0.2, -0.15) is 0 Å². The number of aromatic nitrogens is 2. The number of benzene rings is 1. The lowest BCUT2D eigenvalue weighted by Gasteiger charge is -2.22. The van der Waals surface area contributed by atoms with Crippen LogP contribution < -0.4 is 21.3 Å². The molecule has 0 aliphatic rings. The largest absolute Gasteiger partial charge is 0.495 e. The zero-order valence-corrected chi connectivity index (χ0v) is 21.2. The number of nitrogens with zero attached hydrogens (tertiary/aromatic N) is 2. The van der Waals surface area contributed by atoms with Crippen LogP contribution in [0, 0.1) is 6.92 Å². The second kappa shape index (κ2) is 11.6. The summed E-state index contributed by atoms with van der Waals surface area (Å²) in [6.07, 6.45) is 3.15. The number of pyridine rings is 2. The quantitative estimate of drug-likeness (QED) is 0.445. The molecule has 1 aromatic carbocycles. The summed E-state index contributed by atoms with van der Waals surface area (Å²) in [5.41, 5.74) is 9.07. The van der Waals surface area contributed by atoms with Gasteiger partial charge >= 0.3 is 0 Å². The summed E-state index contributed by atoms with van der Waals surface area (Å²) >= 11 is 0. The summed E-state index contributed by atoms with van der Waals surface area (Å²) in [5.74, 6) is -0.387. The van der Waals surface area contributed by atoms with Gasteiger partial charge < -0.3 is 20.5 Å². The zero-order chi connectivity index (χ0) is 26.4. The Labute approximate surface area is 210 Å². The monoisotopic (exact) mass is 492 g/mol. The van der Waals surface area contributed by atoms with E-state index in [0.29, 0.717) is 17.0 Å². The van der Waals surface area contributed by atoms with Gasteiger partial charge in [-0.05, 0) is 36.1 Å². The topological polar surface area (TPSA) is 126 Å². The van der Waals surface area contributed by atoms with E-state index in [1.807, 2.05) is 19.1 Å². The van der Waals surface area contributed by atoms with E-state index in [4.69, 9.17) is 15.2 Å². The number of methoxy groups -OCH3 is 2. The average molecular weight is 493 g/mol. The van der Waals surface area contributed by atoms with Gasteiger partial charge in [0.05, 0.1) is 25.2 Å². The standard InChI is InChI=1S/C27H32N4O5/c1-16(2)19-8-6-17(3)12-20(19)21-13-25(32)31(15-24(21)36-5)23(10-11-35-4)27(34)30-18-7-9-22(26(28)33)29-14-18/h6-9,12-16,23H,10-11H2,1-5H3,(H2,28,33)(H,30,34). The third-order valence-electron chi connectivity index (χ3n) is 5.90. The van der Waals surface area contributed by atoms with Gasteiger partial charge in [-0.3, -0.25) is 19.0 Å². The maximum absolute atomic E-state index is 13.4. The SMILES string of the molecule is COCCC(C(=O)Nc1ccc(C(N)=O)nc1)n1cc(OC)c(-c2cc(C)ccc2C(C)C)cc1=O. The number of amides is 2. The fourth-order valence-corrected chi connectivity index (χ4v) is 4.02. The predicted molar refractivity (Wildman–Crippen MR) is 138 cm³/mol. The second-order valence-electron chi connectivity index (χ2n) is 8.83. The highest BCUT2D eigenvalue weighted by Crippen LogP contribution is 2.35. The number of anilines is 1. The predicted octanol–water partition coefficient (Wildman–Crippen LogP) is 3.67. The molecule has 2 aromatic heterocycles. The molecule has 2 amide bonds. The average Bonchev–Trinajstić information content (AvgIpc) is 2.84. The molecule has 36 heavy (non-hydrogen) atoms. The molecule has 0 bridgehead atoms. The molecule has 0 fully saturated rings. The van der Waals surface area contributed by atoms with Crippen LogP contribution >= 0.6 is 0 Å². The minimum absolute atomic E-state index is 0.0809. The molecule has 3 aromatic rings. The Morgan fingerprint density at radius 3 is 2.44 bits per heavy atom. The van der Waals surface area contributed by atoms with Gasteiger partial charge in [-0.25, -0.2) is 4.98 Å². The highest BCUT2D eigenvalue weighted by molar-refractivity contribution is 5.95. The summed E-state index contributed by atoms with van der Waals surface area (Å²) in [6.45, 7) is 6.44. The van der Waals surface area contributed by atoms with Crippen molar-refractivity contribution in [1.29, 1.82) is 0 Å². The van der Waals surface area contributed by atoms with Crippen molar-refractivity contribution in [2.75, 3.05) is 26.1 Å². The van der Waals surface area contributed by atoms with Crippen molar-refractivity contribution >= 4 is 17.5 Å². The molecule has 2 heterocycles. The Morgan fingerprint density at radius 1 is 1.11 bits per heavy atom. The molecule has 190 valence electrons. The lowest BCUT2D eigenvalue weighted by atomic mass is 9.91. The Kier molecular flexibility index (Phi) is 8.60. The number of aryl methyl sites for hydroxylation is 1. The molecule has 0 saturated heterocycles. The van der Waals surface area contributed by atoms with E-state index in [1.54, 1.807) is 6.20 Å². The smallest absolute Gasteiger partial charge is 0.267 e. The molecule has 9 nitrogen and oxygen atoms in total. The Balaban J connectivity index is 2.03. The van der Waals surface area contributed by atoms with Crippen molar-refractivity contribution in [1.82, 2.24) is 9.55 Å². The number of carbonyl (C=O) groups excluding carboxylic acids is 2. The van der Waals surface area contributed by atoms with Crippen LogP contribution in [0.15, 0.2) is 53.6 Å². The van der Waals surface area contributed by atoms with Gasteiger partial charge in [0.15, 0.2) is 0 Å². The molecular formula is C27H32N4O5. The van der Waals surface area contributed by atoms with Gasteiger partial charge in [0, 0.05) is 31.8 Å². The maximum Gasteiger partial charge on any atom is 0.267 e. The molecule has 3 N–H and O–H groups in total. The zero-order valence-electron chi connectivity index (χ0n) is 21.2. The first kappa shape index (κ1) is 26.6. The fourth-order valence-electron chi connectivity index (χ4n) is 4.02. The first-order chi connectivity index (χ1) is 17.2. The van der Waals surface area contributed by atoms with Crippen LogP contribution in [-0.4, -0.2) is 42.2 Å². The van der Waals surface area contributed by atoms with E-state index in [9.17, 15) is 14.4 Å². The van der Waals surface area contributed by atoms with Crippen molar-refractivity contribution in [3.05, 3.63) is 76.0 Å². The van der Waals surface area contributed by atoms with Crippen LogP contribution in [0.3, 0.4) is 0 Å². The van der Waals surface area contributed by atoms with Gasteiger partial charge in [0.1, 0.15) is 17.5 Å². The second-order valence-corrected chi connectivity index (χ2v) is 8.83. The lowest BCUT2D eigenvalue weighted by molar-refractivity contribution is -0.119. The molecule has 0 aliphatic heterocycles. The Morgan fingerprint density at radius 2 is 1.86 bits per heavy atom. The molecule has 1 unspecified atom stereocenters. The van der Waals surface area contributed by atoms with E-state index in [0.717, 1.165) is 16.7 Å². The third-order valence-corrected chi connectivity index (χ3v) is 5.90. The number of ether oxygens (including phenoxy) is 2. The number of carbonyl (C=O) groups is 2. The number of hydrogen-bond donors (Lipinski definition) is 2. The van der Waals surface area contributed by atoms with Crippen molar-refractivity contribution in [3.8, 4) is 16.9 Å². The van der Waals surface area contributed by atoms with Gasteiger partial charge in [0.25, 0.3) is 11.5 Å². The van der Waals surface area contributed by atoms with Crippen LogP contribution in [-0.2, 0) is 9.53 Å². The van der Waals surface area contributed by atoms with Crippen LogP contribution in [0.2, 0.25) is 0 Å². The normalized spacial score (nSPS) is 11.8. The van der Waals surface area contributed by atoms with Crippen molar-refractivity contribution < 1.29 is 19.1 Å². The van der Waals surface area contributed by atoms with E-state index < -0.39 is 17.9 Å². The van der Waals surface area contributed by atoms with E-state index in [2.05, 4.69) is 30.2 Å². The van der Waals surface area contributed by atoms with E-state index in [-0.39, 0.29) is 30.2 Å². The van der Waals surface area contributed by atoms with Gasteiger partial charge in [-0.1, -0.05) is 37.6 Å². The minimum Gasteiger partial charge on any atom is -0.495 e. The molecular weight excluding hydrogens is 460 g/mol. The third kappa shape index (κ3) is 5.98. The van der Waals surface area contributed by atoms with Crippen molar-refractivity contribution in [3.63, 3.8) is 0 Å². The first-order valence-electron chi connectivity index (χ1n) is 11.6. The van der Waals surface area contributed by atoms with Crippen LogP contribution in [0.25, 0.3) is 11.1 Å². The van der Waals surface area contributed by atoms with Crippen LogP contribution in [0.4, 0.5) is 5.69 Å².